The predicted molar refractivity (Wildman–Crippen MR) is 112 cm³/mol. The topological polar surface area (TPSA) is 103 Å². The van der Waals surface area contributed by atoms with Gasteiger partial charge in [0, 0.05) is 23.0 Å². The normalized spacial score (nSPS) is 11.9. The number of pyridine rings is 1. The first-order valence-electron chi connectivity index (χ1n) is 9.41. The number of amides is 1. The Balaban J connectivity index is 1.44. The summed E-state index contributed by atoms with van der Waals surface area (Å²) in [5.74, 6) is 0.191. The quantitative estimate of drug-likeness (QED) is 0.490. The molecule has 9 nitrogen and oxygen atoms in total. The number of hydrogen-bond donors (Lipinski definition) is 1. The molecule has 1 N–H and O–H groups in total. The molecule has 10 heteroatoms. The highest BCUT2D eigenvalue weighted by Crippen LogP contribution is 2.19. The van der Waals surface area contributed by atoms with Gasteiger partial charge in [0.1, 0.15) is 0 Å². The Morgan fingerprint density at radius 1 is 1.20 bits per heavy atom. The molecule has 0 fully saturated rings. The van der Waals surface area contributed by atoms with Gasteiger partial charge in [-0.15, -0.1) is 10.2 Å². The fourth-order valence-corrected chi connectivity index (χ4v) is 3.05. The lowest BCUT2D eigenvalue weighted by atomic mass is 10.2. The Bertz CT molecular complexity index is 1120. The number of rotatable bonds is 7. The lowest BCUT2D eigenvalue weighted by Gasteiger charge is -2.12. The lowest BCUT2D eigenvalue weighted by Crippen LogP contribution is -2.27. The van der Waals surface area contributed by atoms with Gasteiger partial charge in [-0.05, 0) is 48.0 Å². The van der Waals surface area contributed by atoms with Crippen LogP contribution in [0.5, 0.6) is 0 Å². The van der Waals surface area contributed by atoms with Crippen molar-refractivity contribution in [3.63, 3.8) is 0 Å². The number of aromatic nitrogens is 7. The van der Waals surface area contributed by atoms with Crippen molar-refractivity contribution in [3.05, 3.63) is 71.8 Å². The van der Waals surface area contributed by atoms with E-state index >= 15 is 0 Å². The molecule has 4 rings (SSSR count). The summed E-state index contributed by atoms with van der Waals surface area (Å²) in [6, 6.07) is 12.2. The van der Waals surface area contributed by atoms with E-state index in [4.69, 9.17) is 11.6 Å². The maximum Gasteiger partial charge on any atom is 0.251 e. The second kappa shape index (κ2) is 8.83. The summed E-state index contributed by atoms with van der Waals surface area (Å²) in [5, 5.41) is 20.3. The zero-order chi connectivity index (χ0) is 20.9. The molecule has 0 saturated heterocycles. The van der Waals surface area contributed by atoms with E-state index in [0.717, 1.165) is 11.3 Å². The summed E-state index contributed by atoms with van der Waals surface area (Å²) in [4.78, 5) is 18.4. The molecular formula is C20H19ClN8O. The van der Waals surface area contributed by atoms with Crippen LogP contribution >= 0.6 is 11.6 Å². The van der Waals surface area contributed by atoms with Gasteiger partial charge in [0.05, 0.1) is 24.1 Å². The molecule has 4 aromatic rings. The number of benzene rings is 1. The number of carbonyl (C=O) groups is 1. The molecular weight excluding hydrogens is 404 g/mol. The van der Waals surface area contributed by atoms with E-state index in [1.54, 1.807) is 47.5 Å². The molecule has 152 valence electrons. The number of hydrogen-bond acceptors (Lipinski definition) is 6. The minimum Gasteiger partial charge on any atom is -0.321 e. The third-order valence-corrected chi connectivity index (χ3v) is 4.70. The highest BCUT2D eigenvalue weighted by Gasteiger charge is 2.22. The van der Waals surface area contributed by atoms with Crippen LogP contribution < -0.4 is 5.32 Å². The Hall–Kier alpha value is -3.59. The summed E-state index contributed by atoms with van der Waals surface area (Å²) >= 11 is 5.92. The maximum absolute atomic E-state index is 12.8. The summed E-state index contributed by atoms with van der Waals surface area (Å²) in [5.41, 5.74) is 2.25. The van der Waals surface area contributed by atoms with Crippen molar-refractivity contribution in [2.45, 2.75) is 25.9 Å². The number of anilines is 1. The van der Waals surface area contributed by atoms with Gasteiger partial charge in [-0.1, -0.05) is 24.6 Å². The second-order valence-corrected chi connectivity index (χ2v) is 7.04. The van der Waals surface area contributed by atoms with Gasteiger partial charge in [0.2, 0.25) is 5.82 Å². The van der Waals surface area contributed by atoms with Crippen LogP contribution in [-0.4, -0.2) is 40.9 Å². The predicted octanol–water partition coefficient (Wildman–Crippen LogP) is 3.22. The monoisotopic (exact) mass is 422 g/mol. The molecule has 0 spiro atoms. The third-order valence-electron chi connectivity index (χ3n) is 4.45. The Morgan fingerprint density at radius 2 is 2.03 bits per heavy atom. The molecule has 0 aliphatic heterocycles. The van der Waals surface area contributed by atoms with Crippen molar-refractivity contribution in [2.24, 2.45) is 0 Å². The average Bonchev–Trinajstić information content (AvgIpc) is 3.40. The number of carbonyl (C=O) groups excluding carboxylic acids is 1. The molecule has 3 aromatic heterocycles. The number of tetrazole rings is 1. The van der Waals surface area contributed by atoms with Gasteiger partial charge >= 0.3 is 0 Å². The standard InChI is InChI=1S/C20H19ClN8O/c1-2-18(29-26-19(25-27-29)14-6-8-15(21)9-7-14)20(30)24-17-11-23-28(13-17)12-16-5-3-4-10-22-16/h3-11,13,18H,2,12H2,1H3,(H,24,30). The number of nitrogens with zero attached hydrogens (tertiary/aromatic N) is 7. The van der Waals surface area contributed by atoms with Gasteiger partial charge in [-0.2, -0.15) is 9.90 Å². The van der Waals surface area contributed by atoms with Crippen molar-refractivity contribution in [1.29, 1.82) is 0 Å². The van der Waals surface area contributed by atoms with E-state index in [1.165, 1.54) is 4.80 Å². The molecule has 0 radical (unpaired) electrons. The number of nitrogens with one attached hydrogen (secondary N) is 1. The van der Waals surface area contributed by atoms with Crippen molar-refractivity contribution in [2.75, 3.05) is 5.32 Å². The summed E-state index contributed by atoms with van der Waals surface area (Å²) < 4.78 is 1.71. The molecule has 1 unspecified atom stereocenters. The van der Waals surface area contributed by atoms with Gasteiger partial charge < -0.3 is 5.32 Å². The first kappa shape index (κ1) is 19.7. The molecule has 0 aliphatic carbocycles. The summed E-state index contributed by atoms with van der Waals surface area (Å²) in [7, 11) is 0. The van der Waals surface area contributed by atoms with E-state index in [2.05, 4.69) is 30.8 Å². The molecule has 1 amide bonds. The van der Waals surface area contributed by atoms with Gasteiger partial charge in [0.25, 0.3) is 5.91 Å². The van der Waals surface area contributed by atoms with Gasteiger partial charge in [-0.25, -0.2) is 0 Å². The Labute approximate surface area is 177 Å². The van der Waals surface area contributed by atoms with E-state index < -0.39 is 6.04 Å². The Morgan fingerprint density at radius 3 is 2.77 bits per heavy atom. The number of halogens is 1. The molecule has 30 heavy (non-hydrogen) atoms. The fourth-order valence-electron chi connectivity index (χ4n) is 2.92. The van der Waals surface area contributed by atoms with Crippen LogP contribution in [-0.2, 0) is 11.3 Å². The van der Waals surface area contributed by atoms with E-state index in [-0.39, 0.29) is 5.91 Å². The van der Waals surface area contributed by atoms with Crippen LogP contribution in [0.1, 0.15) is 25.1 Å². The molecule has 0 aliphatic rings. The largest absolute Gasteiger partial charge is 0.321 e. The first-order chi connectivity index (χ1) is 14.6. The molecule has 3 heterocycles. The van der Waals surface area contributed by atoms with E-state index in [9.17, 15) is 4.79 Å². The fraction of sp³-hybridized carbons (Fsp3) is 0.200. The van der Waals surface area contributed by atoms with Crippen LogP contribution in [0.4, 0.5) is 5.69 Å². The minimum absolute atomic E-state index is 0.241. The van der Waals surface area contributed by atoms with Crippen molar-refractivity contribution < 1.29 is 4.79 Å². The first-order valence-corrected chi connectivity index (χ1v) is 9.79. The van der Waals surface area contributed by atoms with Gasteiger partial charge in [-0.3, -0.25) is 14.5 Å². The van der Waals surface area contributed by atoms with Crippen LogP contribution in [0, 0.1) is 0 Å². The lowest BCUT2D eigenvalue weighted by molar-refractivity contribution is -0.119. The molecule has 0 bridgehead atoms. The van der Waals surface area contributed by atoms with Gasteiger partial charge in [0.15, 0.2) is 6.04 Å². The van der Waals surface area contributed by atoms with E-state index in [1.807, 2.05) is 25.1 Å². The van der Waals surface area contributed by atoms with Crippen LogP contribution in [0.3, 0.4) is 0 Å². The summed E-state index contributed by atoms with van der Waals surface area (Å²) in [6.07, 6.45) is 5.59. The van der Waals surface area contributed by atoms with Crippen molar-refractivity contribution >= 4 is 23.2 Å². The van der Waals surface area contributed by atoms with Crippen molar-refractivity contribution in [1.82, 2.24) is 35.0 Å². The minimum atomic E-state index is -0.599. The van der Waals surface area contributed by atoms with E-state index in [0.29, 0.717) is 29.5 Å². The maximum atomic E-state index is 12.8. The third kappa shape index (κ3) is 4.52. The smallest absolute Gasteiger partial charge is 0.251 e. The SMILES string of the molecule is CCC(C(=O)Nc1cnn(Cc2ccccn2)c1)n1nnc(-c2ccc(Cl)cc2)n1. The molecule has 1 atom stereocenters. The molecule has 1 aromatic carbocycles. The Kier molecular flexibility index (Phi) is 5.80. The van der Waals surface area contributed by atoms with Crippen LogP contribution in [0.25, 0.3) is 11.4 Å². The highest BCUT2D eigenvalue weighted by molar-refractivity contribution is 6.30. The van der Waals surface area contributed by atoms with Crippen LogP contribution in [0.2, 0.25) is 5.02 Å². The van der Waals surface area contributed by atoms with Crippen LogP contribution in [0.15, 0.2) is 61.1 Å². The highest BCUT2D eigenvalue weighted by atomic mass is 35.5. The molecule has 0 saturated carbocycles. The zero-order valence-electron chi connectivity index (χ0n) is 16.2. The average molecular weight is 423 g/mol. The van der Waals surface area contributed by atoms with Crippen molar-refractivity contribution in [3.8, 4) is 11.4 Å². The second-order valence-electron chi connectivity index (χ2n) is 6.60. The summed E-state index contributed by atoms with van der Waals surface area (Å²) in [6.45, 7) is 2.41. The zero-order valence-corrected chi connectivity index (χ0v) is 16.9.